The zero-order valence-corrected chi connectivity index (χ0v) is 12.1. The van der Waals surface area contributed by atoms with Gasteiger partial charge in [0.2, 0.25) is 5.95 Å². The van der Waals surface area contributed by atoms with Crippen LogP contribution in [-0.4, -0.2) is 16.5 Å². The molecular weight excluding hydrogens is 319 g/mol. The zero-order valence-electron chi connectivity index (χ0n) is 9.70. The van der Waals surface area contributed by atoms with Crippen molar-refractivity contribution in [3.63, 3.8) is 0 Å². The van der Waals surface area contributed by atoms with Crippen molar-refractivity contribution in [2.75, 3.05) is 17.2 Å². The predicted octanol–water partition coefficient (Wildman–Crippen LogP) is 3.48. The van der Waals surface area contributed by atoms with E-state index in [1.165, 1.54) is 0 Å². The molecule has 18 heavy (non-hydrogen) atoms. The lowest BCUT2D eigenvalue weighted by atomic mass is 10.4. The highest BCUT2D eigenvalue weighted by Crippen LogP contribution is 2.23. The third kappa shape index (κ3) is 3.17. The van der Waals surface area contributed by atoms with E-state index in [9.17, 15) is 4.39 Å². The van der Waals surface area contributed by atoms with Gasteiger partial charge in [-0.05, 0) is 34.3 Å². The largest absolute Gasteiger partial charge is 0.363 e. The Balaban J connectivity index is 2.08. The van der Waals surface area contributed by atoms with E-state index in [0.717, 1.165) is 15.5 Å². The number of hydrogen-bond acceptors (Lipinski definition) is 5. The summed E-state index contributed by atoms with van der Waals surface area (Å²) in [6.07, 6.45) is 1.16. The Morgan fingerprint density at radius 1 is 1.44 bits per heavy atom. The SMILES string of the molecule is CCNc1ncc(F)c(NCc2sccc2Br)n1. The van der Waals surface area contributed by atoms with Gasteiger partial charge in [-0.1, -0.05) is 0 Å². The van der Waals surface area contributed by atoms with Crippen molar-refractivity contribution in [2.24, 2.45) is 0 Å². The molecule has 2 heterocycles. The minimum Gasteiger partial charge on any atom is -0.363 e. The Morgan fingerprint density at radius 3 is 2.94 bits per heavy atom. The Morgan fingerprint density at radius 2 is 2.28 bits per heavy atom. The average molecular weight is 331 g/mol. The molecule has 0 amide bonds. The second-order valence-electron chi connectivity index (χ2n) is 3.47. The van der Waals surface area contributed by atoms with E-state index in [1.807, 2.05) is 18.4 Å². The minimum absolute atomic E-state index is 0.209. The zero-order chi connectivity index (χ0) is 13.0. The number of thiophene rings is 1. The third-order valence-corrected chi connectivity index (χ3v) is 4.11. The smallest absolute Gasteiger partial charge is 0.224 e. The number of nitrogens with zero attached hydrogens (tertiary/aromatic N) is 2. The first kappa shape index (κ1) is 13.2. The third-order valence-electron chi connectivity index (χ3n) is 2.19. The Labute approximate surface area is 117 Å². The molecule has 2 N–H and O–H groups in total. The van der Waals surface area contributed by atoms with Crippen molar-refractivity contribution in [1.82, 2.24) is 9.97 Å². The van der Waals surface area contributed by atoms with Crippen LogP contribution in [-0.2, 0) is 6.54 Å². The molecule has 7 heteroatoms. The fourth-order valence-corrected chi connectivity index (χ4v) is 2.78. The lowest BCUT2D eigenvalue weighted by Crippen LogP contribution is -2.08. The van der Waals surface area contributed by atoms with Gasteiger partial charge >= 0.3 is 0 Å². The summed E-state index contributed by atoms with van der Waals surface area (Å²) >= 11 is 5.03. The number of anilines is 2. The van der Waals surface area contributed by atoms with E-state index in [2.05, 4.69) is 36.5 Å². The molecule has 0 bridgehead atoms. The van der Waals surface area contributed by atoms with E-state index in [4.69, 9.17) is 0 Å². The van der Waals surface area contributed by atoms with Gasteiger partial charge in [-0.25, -0.2) is 9.37 Å². The average Bonchev–Trinajstić information content (AvgIpc) is 2.76. The summed E-state index contributed by atoms with van der Waals surface area (Å²) in [7, 11) is 0. The van der Waals surface area contributed by atoms with Crippen molar-refractivity contribution in [3.05, 3.63) is 32.8 Å². The molecule has 0 fully saturated rings. The van der Waals surface area contributed by atoms with Crippen molar-refractivity contribution >= 4 is 39.0 Å². The van der Waals surface area contributed by atoms with Crippen LogP contribution in [0.3, 0.4) is 0 Å². The first-order chi connectivity index (χ1) is 8.70. The minimum atomic E-state index is -0.454. The van der Waals surface area contributed by atoms with Gasteiger partial charge in [0.15, 0.2) is 11.6 Å². The van der Waals surface area contributed by atoms with Gasteiger partial charge < -0.3 is 10.6 Å². The predicted molar refractivity (Wildman–Crippen MR) is 75.5 cm³/mol. The van der Waals surface area contributed by atoms with Crippen LogP contribution in [0.2, 0.25) is 0 Å². The van der Waals surface area contributed by atoms with Crippen LogP contribution < -0.4 is 10.6 Å². The Bertz CT molecular complexity index is 532. The van der Waals surface area contributed by atoms with Crippen LogP contribution in [0.5, 0.6) is 0 Å². The topological polar surface area (TPSA) is 49.8 Å². The molecule has 0 aliphatic heterocycles. The highest BCUT2D eigenvalue weighted by molar-refractivity contribution is 9.10. The summed E-state index contributed by atoms with van der Waals surface area (Å²) in [6, 6.07) is 1.96. The van der Waals surface area contributed by atoms with Crippen LogP contribution in [0.1, 0.15) is 11.8 Å². The Kier molecular flexibility index (Phi) is 4.48. The second kappa shape index (κ2) is 6.10. The van der Waals surface area contributed by atoms with Gasteiger partial charge in [0.25, 0.3) is 0 Å². The maximum absolute atomic E-state index is 13.5. The van der Waals surface area contributed by atoms with Crippen molar-refractivity contribution < 1.29 is 4.39 Å². The van der Waals surface area contributed by atoms with Crippen LogP contribution in [0, 0.1) is 5.82 Å². The first-order valence-corrected chi connectivity index (χ1v) is 7.10. The molecule has 2 aromatic heterocycles. The van der Waals surface area contributed by atoms with Gasteiger partial charge in [0.1, 0.15) is 0 Å². The van der Waals surface area contributed by atoms with E-state index in [1.54, 1.807) is 11.3 Å². The summed E-state index contributed by atoms with van der Waals surface area (Å²) in [4.78, 5) is 9.01. The fraction of sp³-hybridized carbons (Fsp3) is 0.273. The molecule has 4 nitrogen and oxygen atoms in total. The molecule has 0 aliphatic carbocycles. The monoisotopic (exact) mass is 330 g/mol. The van der Waals surface area contributed by atoms with E-state index >= 15 is 0 Å². The highest BCUT2D eigenvalue weighted by atomic mass is 79.9. The van der Waals surface area contributed by atoms with Gasteiger partial charge in [0, 0.05) is 15.9 Å². The van der Waals surface area contributed by atoms with E-state index < -0.39 is 5.82 Å². The highest BCUT2D eigenvalue weighted by Gasteiger charge is 2.07. The maximum atomic E-state index is 13.5. The number of hydrogen-bond donors (Lipinski definition) is 2. The molecule has 0 saturated heterocycles. The first-order valence-electron chi connectivity index (χ1n) is 5.43. The van der Waals surface area contributed by atoms with Crippen LogP contribution in [0.4, 0.5) is 16.2 Å². The Hall–Kier alpha value is -1.21. The molecule has 96 valence electrons. The van der Waals surface area contributed by atoms with Crippen LogP contribution in [0.15, 0.2) is 22.1 Å². The standard InChI is InChI=1S/C11H12BrFN4S/c1-2-14-11-16-5-8(13)10(17-11)15-6-9-7(12)3-4-18-9/h3-5H,2,6H2,1H3,(H2,14,15,16,17). The van der Waals surface area contributed by atoms with Crippen molar-refractivity contribution in [3.8, 4) is 0 Å². The molecule has 0 aliphatic rings. The quantitative estimate of drug-likeness (QED) is 0.881. The van der Waals surface area contributed by atoms with E-state index in [0.29, 0.717) is 19.0 Å². The molecule has 0 spiro atoms. The van der Waals surface area contributed by atoms with Crippen LogP contribution in [0.25, 0.3) is 0 Å². The van der Waals surface area contributed by atoms with Crippen molar-refractivity contribution in [1.29, 1.82) is 0 Å². The molecule has 0 aromatic carbocycles. The maximum Gasteiger partial charge on any atom is 0.224 e. The lowest BCUT2D eigenvalue weighted by molar-refractivity contribution is 0.617. The number of rotatable bonds is 5. The van der Waals surface area contributed by atoms with Gasteiger partial charge in [-0.2, -0.15) is 4.98 Å². The molecule has 2 rings (SSSR count). The summed E-state index contributed by atoms with van der Waals surface area (Å²) in [5.41, 5.74) is 0. The summed E-state index contributed by atoms with van der Waals surface area (Å²) in [5.74, 6) is 0.178. The van der Waals surface area contributed by atoms with Crippen molar-refractivity contribution in [2.45, 2.75) is 13.5 Å². The molecule has 0 unspecified atom stereocenters. The number of halogens is 2. The lowest BCUT2D eigenvalue weighted by Gasteiger charge is -2.07. The number of nitrogens with one attached hydrogen (secondary N) is 2. The molecule has 0 saturated carbocycles. The second-order valence-corrected chi connectivity index (χ2v) is 5.32. The van der Waals surface area contributed by atoms with Crippen LogP contribution >= 0.6 is 27.3 Å². The summed E-state index contributed by atoms with van der Waals surface area (Å²) in [5, 5.41) is 7.89. The van der Waals surface area contributed by atoms with Gasteiger partial charge in [-0.3, -0.25) is 0 Å². The molecule has 0 radical (unpaired) electrons. The van der Waals surface area contributed by atoms with Gasteiger partial charge in [0.05, 0.1) is 12.7 Å². The number of aromatic nitrogens is 2. The molecule has 0 atom stereocenters. The summed E-state index contributed by atoms with van der Waals surface area (Å²) < 4.78 is 14.5. The molecular formula is C11H12BrFN4S. The fourth-order valence-electron chi connectivity index (χ4n) is 1.35. The van der Waals surface area contributed by atoms with Gasteiger partial charge in [-0.15, -0.1) is 11.3 Å². The summed E-state index contributed by atoms with van der Waals surface area (Å²) in [6.45, 7) is 3.15. The normalized spacial score (nSPS) is 10.4. The molecule has 2 aromatic rings. The van der Waals surface area contributed by atoms with E-state index in [-0.39, 0.29) is 5.82 Å².